The number of ether oxygens (including phenoxy) is 1. The molecular formula is C18H26FNO. The Kier molecular flexibility index (Phi) is 4.48. The molecule has 0 aromatic heterocycles. The van der Waals surface area contributed by atoms with Gasteiger partial charge in [-0.1, -0.05) is 13.8 Å². The van der Waals surface area contributed by atoms with E-state index in [-0.39, 0.29) is 11.9 Å². The van der Waals surface area contributed by atoms with E-state index in [4.69, 9.17) is 4.74 Å². The van der Waals surface area contributed by atoms with Crippen molar-refractivity contribution in [2.24, 2.45) is 11.8 Å². The Morgan fingerprint density at radius 3 is 3.00 bits per heavy atom. The zero-order chi connectivity index (χ0) is 14.8. The molecule has 0 saturated heterocycles. The molecule has 21 heavy (non-hydrogen) atoms. The Hall–Kier alpha value is -1.09. The zero-order valence-corrected chi connectivity index (χ0v) is 13.1. The van der Waals surface area contributed by atoms with E-state index in [1.165, 1.54) is 25.3 Å². The molecule has 1 saturated carbocycles. The standard InChI is InChI=1S/C18H26FNO/c1-3-8-20-17-6-4-13(12(17)2)10-16-11-14-9-15(19)5-7-18(14)21-16/h5,7,9,12-13,16-17,20H,3-4,6,8,10-11H2,1-2H3. The quantitative estimate of drug-likeness (QED) is 0.887. The van der Waals surface area contributed by atoms with Gasteiger partial charge in [0.2, 0.25) is 0 Å². The van der Waals surface area contributed by atoms with E-state index < -0.39 is 0 Å². The lowest BCUT2D eigenvalue weighted by Crippen LogP contribution is -2.34. The summed E-state index contributed by atoms with van der Waals surface area (Å²) < 4.78 is 19.3. The van der Waals surface area contributed by atoms with Crippen molar-refractivity contribution in [2.75, 3.05) is 6.54 Å². The molecular weight excluding hydrogens is 265 g/mol. The summed E-state index contributed by atoms with van der Waals surface area (Å²) in [5, 5.41) is 3.67. The molecule has 4 unspecified atom stereocenters. The van der Waals surface area contributed by atoms with Gasteiger partial charge in [-0.2, -0.15) is 0 Å². The van der Waals surface area contributed by atoms with Crippen molar-refractivity contribution in [3.8, 4) is 5.75 Å². The van der Waals surface area contributed by atoms with Gasteiger partial charge >= 0.3 is 0 Å². The molecule has 1 aromatic rings. The number of fused-ring (bicyclic) bond motifs is 1. The minimum Gasteiger partial charge on any atom is -0.490 e. The van der Waals surface area contributed by atoms with Crippen molar-refractivity contribution in [1.82, 2.24) is 5.32 Å². The third-order valence-corrected chi connectivity index (χ3v) is 5.21. The fourth-order valence-electron chi connectivity index (χ4n) is 3.96. The highest BCUT2D eigenvalue weighted by Gasteiger charge is 2.35. The predicted octanol–water partition coefficient (Wildman–Crippen LogP) is 3.93. The molecule has 0 spiro atoms. The normalized spacial score (nSPS) is 31.2. The maximum absolute atomic E-state index is 13.3. The monoisotopic (exact) mass is 291 g/mol. The summed E-state index contributed by atoms with van der Waals surface area (Å²) in [5.74, 6) is 2.16. The molecule has 3 rings (SSSR count). The summed E-state index contributed by atoms with van der Waals surface area (Å²) in [6, 6.07) is 5.55. The predicted molar refractivity (Wildman–Crippen MR) is 83.1 cm³/mol. The van der Waals surface area contributed by atoms with Crippen molar-refractivity contribution in [2.45, 2.75) is 58.1 Å². The minimum atomic E-state index is -0.156. The molecule has 0 amide bonds. The fourth-order valence-corrected chi connectivity index (χ4v) is 3.96. The van der Waals surface area contributed by atoms with Crippen molar-refractivity contribution < 1.29 is 9.13 Å². The van der Waals surface area contributed by atoms with Gasteiger partial charge in [0.05, 0.1) is 0 Å². The van der Waals surface area contributed by atoms with E-state index in [9.17, 15) is 4.39 Å². The lowest BCUT2D eigenvalue weighted by Gasteiger charge is -2.23. The fraction of sp³-hybridized carbons (Fsp3) is 0.667. The van der Waals surface area contributed by atoms with Crippen LogP contribution in [0.5, 0.6) is 5.75 Å². The van der Waals surface area contributed by atoms with Gasteiger partial charge in [0, 0.05) is 18.0 Å². The van der Waals surface area contributed by atoms with Crippen molar-refractivity contribution in [1.29, 1.82) is 0 Å². The Labute approximate surface area is 127 Å². The number of nitrogens with one attached hydrogen (secondary N) is 1. The van der Waals surface area contributed by atoms with Crippen LogP contribution >= 0.6 is 0 Å². The van der Waals surface area contributed by atoms with Gasteiger partial charge in [0.1, 0.15) is 17.7 Å². The first-order valence-electron chi connectivity index (χ1n) is 8.35. The second-order valence-electron chi connectivity index (χ2n) is 6.69. The molecule has 2 aliphatic rings. The largest absolute Gasteiger partial charge is 0.490 e. The van der Waals surface area contributed by atoms with E-state index in [0.717, 1.165) is 36.6 Å². The van der Waals surface area contributed by atoms with Crippen molar-refractivity contribution in [3.05, 3.63) is 29.6 Å². The highest BCUT2D eigenvalue weighted by Crippen LogP contribution is 2.39. The summed E-state index contributed by atoms with van der Waals surface area (Å²) in [4.78, 5) is 0. The van der Waals surface area contributed by atoms with E-state index in [0.29, 0.717) is 12.0 Å². The molecule has 1 N–H and O–H groups in total. The highest BCUT2D eigenvalue weighted by molar-refractivity contribution is 5.37. The smallest absolute Gasteiger partial charge is 0.123 e. The van der Waals surface area contributed by atoms with Crippen LogP contribution in [-0.2, 0) is 6.42 Å². The van der Waals surface area contributed by atoms with Crippen LogP contribution in [-0.4, -0.2) is 18.7 Å². The molecule has 1 fully saturated rings. The van der Waals surface area contributed by atoms with Crippen LogP contribution in [0.25, 0.3) is 0 Å². The number of hydrogen-bond acceptors (Lipinski definition) is 2. The molecule has 1 aliphatic carbocycles. The van der Waals surface area contributed by atoms with Crippen LogP contribution in [0.15, 0.2) is 18.2 Å². The molecule has 3 heteroatoms. The number of benzene rings is 1. The number of rotatable bonds is 5. The SMILES string of the molecule is CCCNC1CCC(CC2Cc3cc(F)ccc3O2)C1C. The molecule has 1 heterocycles. The third-order valence-electron chi connectivity index (χ3n) is 5.21. The Morgan fingerprint density at radius 1 is 1.33 bits per heavy atom. The van der Waals surface area contributed by atoms with Crippen LogP contribution in [0, 0.1) is 17.7 Å². The lowest BCUT2D eigenvalue weighted by molar-refractivity contribution is 0.177. The van der Waals surface area contributed by atoms with E-state index in [1.54, 1.807) is 12.1 Å². The summed E-state index contributed by atoms with van der Waals surface area (Å²) >= 11 is 0. The van der Waals surface area contributed by atoms with Crippen molar-refractivity contribution in [3.63, 3.8) is 0 Å². The molecule has 0 radical (unpaired) electrons. The first-order valence-corrected chi connectivity index (χ1v) is 8.35. The molecule has 116 valence electrons. The first-order chi connectivity index (χ1) is 10.2. The number of hydrogen-bond donors (Lipinski definition) is 1. The van der Waals surface area contributed by atoms with Gasteiger partial charge in [-0.15, -0.1) is 0 Å². The molecule has 1 aromatic carbocycles. The van der Waals surface area contributed by atoms with Crippen molar-refractivity contribution >= 4 is 0 Å². The van der Waals surface area contributed by atoms with Gasteiger partial charge in [-0.05, 0) is 62.3 Å². The van der Waals surface area contributed by atoms with Crippen LogP contribution in [0.1, 0.15) is 45.1 Å². The summed E-state index contributed by atoms with van der Waals surface area (Å²) in [5.41, 5.74) is 1.03. The van der Waals surface area contributed by atoms with Crippen LogP contribution in [0.3, 0.4) is 0 Å². The minimum absolute atomic E-state index is 0.156. The highest BCUT2D eigenvalue weighted by atomic mass is 19.1. The Bertz CT molecular complexity index is 490. The second-order valence-corrected chi connectivity index (χ2v) is 6.69. The Balaban J connectivity index is 1.55. The average molecular weight is 291 g/mol. The molecule has 1 aliphatic heterocycles. The second kappa shape index (κ2) is 6.35. The third kappa shape index (κ3) is 3.23. The maximum Gasteiger partial charge on any atom is 0.123 e. The van der Waals surface area contributed by atoms with Gasteiger partial charge in [-0.3, -0.25) is 0 Å². The van der Waals surface area contributed by atoms with Gasteiger partial charge < -0.3 is 10.1 Å². The van der Waals surface area contributed by atoms with Gasteiger partial charge in [0.15, 0.2) is 0 Å². The lowest BCUT2D eigenvalue weighted by atomic mass is 9.89. The van der Waals surface area contributed by atoms with Gasteiger partial charge in [-0.25, -0.2) is 4.39 Å². The topological polar surface area (TPSA) is 21.3 Å². The van der Waals surface area contributed by atoms with Crippen LogP contribution < -0.4 is 10.1 Å². The van der Waals surface area contributed by atoms with Crippen LogP contribution in [0.4, 0.5) is 4.39 Å². The van der Waals surface area contributed by atoms with E-state index in [2.05, 4.69) is 19.2 Å². The molecule has 0 bridgehead atoms. The zero-order valence-electron chi connectivity index (χ0n) is 13.1. The maximum atomic E-state index is 13.3. The van der Waals surface area contributed by atoms with Crippen LogP contribution in [0.2, 0.25) is 0 Å². The summed E-state index contributed by atoms with van der Waals surface area (Å²) in [6.45, 7) is 5.70. The van der Waals surface area contributed by atoms with Gasteiger partial charge in [0.25, 0.3) is 0 Å². The van der Waals surface area contributed by atoms with E-state index in [1.807, 2.05) is 0 Å². The summed E-state index contributed by atoms with van der Waals surface area (Å²) in [7, 11) is 0. The molecule has 2 nitrogen and oxygen atoms in total. The van der Waals surface area contributed by atoms with E-state index >= 15 is 0 Å². The average Bonchev–Trinajstić information content (AvgIpc) is 3.01. The number of halogens is 1. The summed E-state index contributed by atoms with van der Waals surface area (Å²) in [6.07, 6.45) is 5.96. The molecule has 4 atom stereocenters. The first kappa shape index (κ1) is 14.8. The Morgan fingerprint density at radius 2 is 2.19 bits per heavy atom.